The van der Waals surface area contributed by atoms with Crippen molar-refractivity contribution in [2.45, 2.75) is 20.3 Å². The Balaban J connectivity index is 2.64. The van der Waals surface area contributed by atoms with E-state index in [-0.39, 0.29) is 5.97 Å². The minimum Gasteiger partial charge on any atom is -0.496 e. The molecule has 1 rings (SSSR count). The van der Waals surface area contributed by atoms with Crippen molar-refractivity contribution in [3.8, 4) is 5.75 Å². The molecule has 0 atom stereocenters. The van der Waals surface area contributed by atoms with Crippen LogP contribution >= 0.6 is 0 Å². The molecule has 0 radical (unpaired) electrons. The number of aryl methyl sites for hydroxylation is 1. The molecule has 0 aliphatic heterocycles. The second-order valence-electron chi connectivity index (χ2n) is 4.14. The minimum atomic E-state index is -0.268. The number of anilines is 1. The van der Waals surface area contributed by atoms with Gasteiger partial charge in [0.25, 0.3) is 0 Å². The molecular formula is C15H21NO3. The number of ether oxygens (including phenoxy) is 2. The van der Waals surface area contributed by atoms with Crippen molar-refractivity contribution in [2.24, 2.45) is 0 Å². The molecule has 0 fully saturated rings. The van der Waals surface area contributed by atoms with Crippen LogP contribution in [0.2, 0.25) is 0 Å². The molecule has 0 heterocycles. The SMILES string of the molecule is CC/C(=C/CNc1ccc(OC)c(C)c1)C(=O)OC. The summed E-state index contributed by atoms with van der Waals surface area (Å²) in [5.74, 6) is 0.597. The third kappa shape index (κ3) is 4.32. The summed E-state index contributed by atoms with van der Waals surface area (Å²) in [4.78, 5) is 11.4. The number of nitrogens with one attached hydrogen (secondary N) is 1. The molecule has 0 saturated carbocycles. The van der Waals surface area contributed by atoms with Crippen molar-refractivity contribution >= 4 is 11.7 Å². The van der Waals surface area contributed by atoms with Gasteiger partial charge in [-0.3, -0.25) is 0 Å². The number of esters is 1. The summed E-state index contributed by atoms with van der Waals surface area (Å²) < 4.78 is 9.91. The summed E-state index contributed by atoms with van der Waals surface area (Å²) in [7, 11) is 3.05. The Kier molecular flexibility index (Phi) is 5.93. The van der Waals surface area contributed by atoms with Crippen molar-refractivity contribution in [2.75, 3.05) is 26.1 Å². The predicted octanol–water partition coefficient (Wildman–Crippen LogP) is 2.92. The van der Waals surface area contributed by atoms with Gasteiger partial charge in [-0.1, -0.05) is 13.0 Å². The quantitative estimate of drug-likeness (QED) is 0.633. The average molecular weight is 263 g/mol. The van der Waals surface area contributed by atoms with Crippen LogP contribution in [0.4, 0.5) is 5.69 Å². The van der Waals surface area contributed by atoms with Gasteiger partial charge in [0.2, 0.25) is 0 Å². The predicted molar refractivity (Wildman–Crippen MR) is 76.6 cm³/mol. The van der Waals surface area contributed by atoms with Crippen LogP contribution in [0.15, 0.2) is 29.8 Å². The topological polar surface area (TPSA) is 47.6 Å². The second-order valence-corrected chi connectivity index (χ2v) is 4.14. The van der Waals surface area contributed by atoms with E-state index in [1.54, 1.807) is 7.11 Å². The largest absolute Gasteiger partial charge is 0.496 e. The van der Waals surface area contributed by atoms with Crippen molar-refractivity contribution in [1.29, 1.82) is 0 Å². The molecule has 0 aromatic heterocycles. The summed E-state index contributed by atoms with van der Waals surface area (Å²) in [6.45, 7) is 4.51. The van der Waals surface area contributed by atoms with E-state index < -0.39 is 0 Å². The molecule has 0 aliphatic carbocycles. The van der Waals surface area contributed by atoms with Crippen LogP contribution in [0.5, 0.6) is 5.75 Å². The van der Waals surface area contributed by atoms with Crippen molar-refractivity contribution < 1.29 is 14.3 Å². The lowest BCUT2D eigenvalue weighted by molar-refractivity contribution is -0.136. The Morgan fingerprint density at radius 2 is 2.11 bits per heavy atom. The van der Waals surface area contributed by atoms with Crippen LogP contribution in [0.3, 0.4) is 0 Å². The van der Waals surface area contributed by atoms with Crippen LogP contribution in [-0.4, -0.2) is 26.7 Å². The third-order valence-corrected chi connectivity index (χ3v) is 2.88. The molecule has 19 heavy (non-hydrogen) atoms. The van der Waals surface area contributed by atoms with E-state index in [9.17, 15) is 4.79 Å². The first-order valence-electron chi connectivity index (χ1n) is 6.28. The van der Waals surface area contributed by atoms with Gasteiger partial charge in [-0.05, 0) is 37.1 Å². The molecular weight excluding hydrogens is 242 g/mol. The molecule has 0 spiro atoms. The highest BCUT2D eigenvalue weighted by molar-refractivity contribution is 5.88. The first-order chi connectivity index (χ1) is 9.12. The lowest BCUT2D eigenvalue weighted by atomic mass is 10.2. The molecule has 1 aromatic rings. The van der Waals surface area contributed by atoms with Gasteiger partial charge in [0.15, 0.2) is 0 Å². The normalized spacial score (nSPS) is 11.1. The first-order valence-corrected chi connectivity index (χ1v) is 6.28. The van der Waals surface area contributed by atoms with Gasteiger partial charge in [-0.2, -0.15) is 0 Å². The second kappa shape index (κ2) is 7.46. The zero-order valence-corrected chi connectivity index (χ0v) is 11.9. The van der Waals surface area contributed by atoms with Gasteiger partial charge in [-0.15, -0.1) is 0 Å². The van der Waals surface area contributed by atoms with Crippen LogP contribution in [0.25, 0.3) is 0 Å². The summed E-state index contributed by atoms with van der Waals surface area (Å²) in [6.07, 6.45) is 2.52. The van der Waals surface area contributed by atoms with Gasteiger partial charge >= 0.3 is 5.97 Å². The molecule has 0 aliphatic rings. The van der Waals surface area contributed by atoms with Gasteiger partial charge in [-0.25, -0.2) is 4.79 Å². The van der Waals surface area contributed by atoms with Crippen LogP contribution in [0, 0.1) is 6.92 Å². The van der Waals surface area contributed by atoms with Gasteiger partial charge in [0.05, 0.1) is 14.2 Å². The number of rotatable bonds is 6. The minimum absolute atomic E-state index is 0.268. The third-order valence-electron chi connectivity index (χ3n) is 2.88. The number of hydrogen-bond donors (Lipinski definition) is 1. The van der Waals surface area contributed by atoms with E-state index in [2.05, 4.69) is 5.32 Å². The van der Waals surface area contributed by atoms with E-state index in [4.69, 9.17) is 9.47 Å². The van der Waals surface area contributed by atoms with E-state index >= 15 is 0 Å². The van der Waals surface area contributed by atoms with Crippen LogP contribution < -0.4 is 10.1 Å². The van der Waals surface area contributed by atoms with Gasteiger partial charge < -0.3 is 14.8 Å². The molecule has 0 unspecified atom stereocenters. The Morgan fingerprint density at radius 1 is 1.37 bits per heavy atom. The molecule has 4 nitrogen and oxygen atoms in total. The summed E-state index contributed by atoms with van der Waals surface area (Å²) in [5.41, 5.74) is 2.75. The van der Waals surface area contributed by atoms with Crippen LogP contribution in [0.1, 0.15) is 18.9 Å². The molecule has 1 N–H and O–H groups in total. The molecule has 0 amide bonds. The first kappa shape index (κ1) is 15.1. The van der Waals surface area contributed by atoms with E-state index in [0.717, 1.165) is 17.0 Å². The van der Waals surface area contributed by atoms with Crippen molar-refractivity contribution in [3.63, 3.8) is 0 Å². The number of benzene rings is 1. The fourth-order valence-electron chi connectivity index (χ4n) is 1.78. The number of carbonyl (C=O) groups is 1. The van der Waals surface area contributed by atoms with E-state index in [0.29, 0.717) is 18.5 Å². The molecule has 0 bridgehead atoms. The summed E-state index contributed by atoms with van der Waals surface area (Å²) in [5, 5.41) is 3.24. The fourth-order valence-corrected chi connectivity index (χ4v) is 1.78. The lowest BCUT2D eigenvalue weighted by Gasteiger charge is -2.09. The fraction of sp³-hybridized carbons (Fsp3) is 0.400. The molecule has 4 heteroatoms. The maximum atomic E-state index is 11.4. The average Bonchev–Trinajstić information content (AvgIpc) is 2.43. The van der Waals surface area contributed by atoms with Crippen LogP contribution in [-0.2, 0) is 9.53 Å². The summed E-state index contributed by atoms with van der Waals surface area (Å²) >= 11 is 0. The molecule has 1 aromatic carbocycles. The molecule has 104 valence electrons. The Labute approximate surface area is 114 Å². The highest BCUT2D eigenvalue weighted by atomic mass is 16.5. The lowest BCUT2D eigenvalue weighted by Crippen LogP contribution is -2.07. The number of hydrogen-bond acceptors (Lipinski definition) is 4. The molecule has 0 saturated heterocycles. The maximum absolute atomic E-state index is 11.4. The zero-order valence-electron chi connectivity index (χ0n) is 11.9. The number of methoxy groups -OCH3 is 2. The monoisotopic (exact) mass is 263 g/mol. The Hall–Kier alpha value is -1.97. The van der Waals surface area contributed by atoms with Crippen molar-refractivity contribution in [1.82, 2.24) is 0 Å². The standard InChI is InChI=1S/C15H21NO3/c1-5-12(15(17)19-4)8-9-16-13-6-7-14(18-3)11(2)10-13/h6-8,10,16H,5,9H2,1-4H3/b12-8-. The zero-order chi connectivity index (χ0) is 14.3. The Bertz CT molecular complexity index is 466. The van der Waals surface area contributed by atoms with E-state index in [1.807, 2.05) is 38.1 Å². The highest BCUT2D eigenvalue weighted by Crippen LogP contribution is 2.21. The van der Waals surface area contributed by atoms with Gasteiger partial charge in [0.1, 0.15) is 5.75 Å². The summed E-state index contributed by atoms with van der Waals surface area (Å²) in [6, 6.07) is 5.88. The van der Waals surface area contributed by atoms with E-state index in [1.165, 1.54) is 7.11 Å². The van der Waals surface area contributed by atoms with Crippen molar-refractivity contribution in [3.05, 3.63) is 35.4 Å². The number of carbonyl (C=O) groups excluding carboxylic acids is 1. The van der Waals surface area contributed by atoms with Gasteiger partial charge in [0, 0.05) is 17.8 Å². The Morgan fingerprint density at radius 3 is 2.63 bits per heavy atom. The smallest absolute Gasteiger partial charge is 0.333 e. The maximum Gasteiger partial charge on any atom is 0.333 e. The highest BCUT2D eigenvalue weighted by Gasteiger charge is 2.05.